The van der Waals surface area contributed by atoms with Gasteiger partial charge in [-0.2, -0.15) is 0 Å². The fraction of sp³-hybridized carbons (Fsp3) is 0.818. The monoisotopic (exact) mass is 228 g/mol. The quantitative estimate of drug-likeness (QED) is 0.677. The Morgan fingerprint density at radius 3 is 2.53 bits per heavy atom. The zero-order valence-electron chi connectivity index (χ0n) is 9.45. The molecule has 1 rings (SSSR count). The molecule has 1 aliphatic rings. The maximum atomic E-state index is 11.7. The van der Waals surface area contributed by atoms with E-state index >= 15 is 0 Å². The Bertz CT molecular complexity index is 249. The predicted molar refractivity (Wildman–Crippen MR) is 65.5 cm³/mol. The van der Waals surface area contributed by atoms with Crippen molar-refractivity contribution in [2.24, 2.45) is 23.5 Å². The lowest BCUT2D eigenvalue weighted by Crippen LogP contribution is -2.41. The molecule has 0 aromatic carbocycles. The second-order valence-electron chi connectivity index (χ2n) is 4.65. The number of hydrogen-bond donors (Lipinski definition) is 2. The number of rotatable bonds is 6. The van der Waals surface area contributed by atoms with Crippen molar-refractivity contribution in [2.45, 2.75) is 33.1 Å². The Morgan fingerprint density at radius 2 is 2.13 bits per heavy atom. The summed E-state index contributed by atoms with van der Waals surface area (Å²) in [6.07, 6.45) is 3.73. The Balaban J connectivity index is 2.30. The fourth-order valence-electron chi connectivity index (χ4n) is 1.68. The van der Waals surface area contributed by atoms with Gasteiger partial charge < -0.3 is 11.1 Å². The average molecular weight is 228 g/mol. The van der Waals surface area contributed by atoms with E-state index in [1.165, 1.54) is 12.8 Å². The van der Waals surface area contributed by atoms with E-state index in [1.54, 1.807) is 0 Å². The maximum Gasteiger partial charge on any atom is 0.230 e. The molecule has 86 valence electrons. The van der Waals surface area contributed by atoms with E-state index in [-0.39, 0.29) is 17.7 Å². The van der Waals surface area contributed by atoms with E-state index in [9.17, 15) is 4.79 Å². The summed E-state index contributed by atoms with van der Waals surface area (Å²) in [5.41, 5.74) is 5.55. The highest BCUT2D eigenvalue weighted by Crippen LogP contribution is 2.31. The molecule has 3 N–H and O–H groups in total. The van der Waals surface area contributed by atoms with E-state index in [4.69, 9.17) is 18.0 Å². The van der Waals surface area contributed by atoms with Crippen molar-refractivity contribution in [2.75, 3.05) is 6.54 Å². The van der Waals surface area contributed by atoms with E-state index in [0.29, 0.717) is 4.99 Å². The van der Waals surface area contributed by atoms with Crippen molar-refractivity contribution in [1.82, 2.24) is 5.32 Å². The van der Waals surface area contributed by atoms with Gasteiger partial charge in [0, 0.05) is 6.54 Å². The molecule has 1 amide bonds. The van der Waals surface area contributed by atoms with Gasteiger partial charge in [-0.15, -0.1) is 0 Å². The molecule has 0 aromatic rings. The molecule has 4 heteroatoms. The highest BCUT2D eigenvalue weighted by molar-refractivity contribution is 7.80. The SMILES string of the molecule is CC(C)C(C(=O)NCCC1CC1)C(N)=S. The van der Waals surface area contributed by atoms with Crippen molar-refractivity contribution < 1.29 is 4.79 Å². The fourth-order valence-corrected chi connectivity index (χ4v) is 2.06. The van der Waals surface area contributed by atoms with Crippen LogP contribution in [0.3, 0.4) is 0 Å². The Hall–Kier alpha value is -0.640. The van der Waals surface area contributed by atoms with Crippen LogP contribution in [0.5, 0.6) is 0 Å². The van der Waals surface area contributed by atoms with Gasteiger partial charge in [0.1, 0.15) is 0 Å². The van der Waals surface area contributed by atoms with E-state index in [2.05, 4.69) is 5.32 Å². The Kier molecular flexibility index (Phi) is 4.51. The summed E-state index contributed by atoms with van der Waals surface area (Å²) in [4.78, 5) is 12.0. The van der Waals surface area contributed by atoms with Gasteiger partial charge in [-0.3, -0.25) is 4.79 Å². The highest BCUT2D eigenvalue weighted by atomic mass is 32.1. The molecule has 0 spiro atoms. The van der Waals surface area contributed by atoms with Gasteiger partial charge in [0.25, 0.3) is 0 Å². The predicted octanol–water partition coefficient (Wildman–Crippen LogP) is 1.46. The molecule has 3 nitrogen and oxygen atoms in total. The first-order valence-corrected chi connectivity index (χ1v) is 6.00. The molecule has 0 radical (unpaired) electrons. The minimum atomic E-state index is -0.320. The van der Waals surface area contributed by atoms with Gasteiger partial charge in [-0.25, -0.2) is 0 Å². The molecular formula is C11H20N2OS. The molecule has 1 aliphatic carbocycles. The second kappa shape index (κ2) is 5.45. The lowest BCUT2D eigenvalue weighted by Gasteiger charge is -2.18. The molecular weight excluding hydrogens is 208 g/mol. The van der Waals surface area contributed by atoms with Gasteiger partial charge in [-0.1, -0.05) is 38.9 Å². The van der Waals surface area contributed by atoms with Gasteiger partial charge >= 0.3 is 0 Å². The van der Waals surface area contributed by atoms with Crippen LogP contribution < -0.4 is 11.1 Å². The van der Waals surface area contributed by atoms with Crippen molar-refractivity contribution in [3.63, 3.8) is 0 Å². The zero-order chi connectivity index (χ0) is 11.4. The number of hydrogen-bond acceptors (Lipinski definition) is 2. The molecule has 1 fully saturated rings. The third-order valence-corrected chi connectivity index (χ3v) is 3.06. The summed E-state index contributed by atoms with van der Waals surface area (Å²) >= 11 is 4.90. The number of nitrogens with one attached hydrogen (secondary N) is 1. The first-order chi connectivity index (χ1) is 7.02. The molecule has 1 atom stereocenters. The highest BCUT2D eigenvalue weighted by Gasteiger charge is 2.25. The maximum absolute atomic E-state index is 11.7. The van der Waals surface area contributed by atoms with Crippen molar-refractivity contribution in [3.8, 4) is 0 Å². The van der Waals surface area contributed by atoms with Gasteiger partial charge in [0.05, 0.1) is 10.9 Å². The summed E-state index contributed by atoms with van der Waals surface area (Å²) in [6.45, 7) is 4.68. The molecule has 0 aromatic heterocycles. The van der Waals surface area contributed by atoms with Crippen LogP contribution in [0.15, 0.2) is 0 Å². The largest absolute Gasteiger partial charge is 0.393 e. The van der Waals surface area contributed by atoms with Crippen molar-refractivity contribution in [1.29, 1.82) is 0 Å². The number of carbonyl (C=O) groups is 1. The lowest BCUT2D eigenvalue weighted by atomic mass is 9.95. The first kappa shape index (κ1) is 12.4. The van der Waals surface area contributed by atoms with Gasteiger partial charge in [-0.05, 0) is 18.3 Å². The van der Waals surface area contributed by atoms with Crippen LogP contribution in [0.2, 0.25) is 0 Å². The minimum Gasteiger partial charge on any atom is -0.393 e. The Morgan fingerprint density at radius 1 is 1.53 bits per heavy atom. The van der Waals surface area contributed by atoms with Gasteiger partial charge in [0.15, 0.2) is 0 Å². The number of carbonyl (C=O) groups excluding carboxylic acids is 1. The molecule has 0 heterocycles. The zero-order valence-corrected chi connectivity index (χ0v) is 10.3. The summed E-state index contributed by atoms with van der Waals surface area (Å²) in [6, 6.07) is 0. The van der Waals surface area contributed by atoms with Crippen LogP contribution in [0.1, 0.15) is 33.1 Å². The van der Waals surface area contributed by atoms with Crippen LogP contribution in [0.25, 0.3) is 0 Å². The standard InChI is InChI=1S/C11H20N2OS/c1-7(2)9(10(12)15)11(14)13-6-5-8-3-4-8/h7-9H,3-6H2,1-2H3,(H2,12,15)(H,13,14). The number of nitrogens with two attached hydrogens (primary N) is 1. The number of thiocarbonyl (C=S) groups is 1. The third-order valence-electron chi connectivity index (χ3n) is 2.80. The number of amides is 1. The molecule has 0 bridgehead atoms. The molecule has 15 heavy (non-hydrogen) atoms. The van der Waals surface area contributed by atoms with Crippen molar-refractivity contribution >= 4 is 23.1 Å². The summed E-state index contributed by atoms with van der Waals surface area (Å²) in [7, 11) is 0. The van der Waals surface area contributed by atoms with Crippen LogP contribution in [0, 0.1) is 17.8 Å². The smallest absolute Gasteiger partial charge is 0.230 e. The van der Waals surface area contributed by atoms with Crippen LogP contribution >= 0.6 is 12.2 Å². The Labute approximate surface area is 96.8 Å². The van der Waals surface area contributed by atoms with Gasteiger partial charge in [0.2, 0.25) is 5.91 Å². The summed E-state index contributed by atoms with van der Waals surface area (Å²) in [5, 5.41) is 2.91. The average Bonchev–Trinajstić information content (AvgIpc) is 2.86. The van der Waals surface area contributed by atoms with E-state index in [1.807, 2.05) is 13.8 Å². The van der Waals surface area contributed by atoms with E-state index < -0.39 is 0 Å². The van der Waals surface area contributed by atoms with Crippen molar-refractivity contribution in [3.05, 3.63) is 0 Å². The molecule has 1 saturated carbocycles. The molecule has 0 aliphatic heterocycles. The molecule has 0 saturated heterocycles. The summed E-state index contributed by atoms with van der Waals surface area (Å²) < 4.78 is 0. The lowest BCUT2D eigenvalue weighted by molar-refractivity contribution is -0.123. The first-order valence-electron chi connectivity index (χ1n) is 5.59. The minimum absolute atomic E-state index is 0.0156. The van der Waals surface area contributed by atoms with E-state index in [0.717, 1.165) is 18.9 Å². The normalized spacial score (nSPS) is 17.5. The third kappa shape index (κ3) is 4.16. The van der Waals surface area contributed by atoms with Crippen LogP contribution in [0.4, 0.5) is 0 Å². The topological polar surface area (TPSA) is 55.1 Å². The second-order valence-corrected chi connectivity index (χ2v) is 5.12. The summed E-state index contributed by atoms with van der Waals surface area (Å²) in [5.74, 6) is 0.674. The molecule has 1 unspecified atom stereocenters. The van der Waals surface area contributed by atoms with Crippen LogP contribution in [-0.4, -0.2) is 17.4 Å². The van der Waals surface area contributed by atoms with Crippen LogP contribution in [-0.2, 0) is 4.79 Å².